The van der Waals surface area contributed by atoms with Gasteiger partial charge in [0.25, 0.3) is 0 Å². The molecule has 0 aliphatic carbocycles. The van der Waals surface area contributed by atoms with Crippen LogP contribution in [0.3, 0.4) is 0 Å². The number of rotatable bonds is 2. The van der Waals surface area contributed by atoms with Crippen molar-refractivity contribution in [2.45, 2.75) is 6.92 Å². The van der Waals surface area contributed by atoms with Crippen molar-refractivity contribution >= 4 is 0 Å². The van der Waals surface area contributed by atoms with Gasteiger partial charge in [-0.2, -0.15) is 0 Å². The molecule has 0 saturated carbocycles. The highest BCUT2D eigenvalue weighted by molar-refractivity contribution is 5.60. The molecule has 0 saturated heterocycles. The van der Waals surface area contributed by atoms with Crippen LogP contribution in [0, 0.1) is 6.92 Å². The van der Waals surface area contributed by atoms with Crippen molar-refractivity contribution < 1.29 is 9.15 Å². The van der Waals surface area contributed by atoms with Crippen LogP contribution in [0.5, 0.6) is 5.75 Å². The molecule has 0 aliphatic heterocycles. The molecule has 0 fully saturated rings. The number of ether oxygens (including phenoxy) is 1. The molecule has 1 heterocycles. The van der Waals surface area contributed by atoms with Crippen LogP contribution in [0.15, 0.2) is 33.5 Å². The van der Waals surface area contributed by atoms with E-state index in [1.807, 2.05) is 24.3 Å². The fourth-order valence-electron chi connectivity index (χ4n) is 1.42. The van der Waals surface area contributed by atoms with Gasteiger partial charge in [-0.1, -0.05) is 0 Å². The van der Waals surface area contributed by atoms with Gasteiger partial charge in [0, 0.05) is 5.56 Å². The third kappa shape index (κ3) is 1.79. The molecule has 4 nitrogen and oxygen atoms in total. The Balaban J connectivity index is 2.45. The minimum atomic E-state index is -0.432. The molecule has 0 spiro atoms. The Morgan fingerprint density at radius 2 is 1.93 bits per heavy atom. The summed E-state index contributed by atoms with van der Waals surface area (Å²) >= 11 is 0. The average Bonchev–Trinajstić information content (AvgIpc) is 2.58. The molecule has 0 bridgehead atoms. The van der Waals surface area contributed by atoms with E-state index in [1.165, 1.54) is 0 Å². The van der Waals surface area contributed by atoms with Crippen LogP contribution in [0.25, 0.3) is 11.3 Å². The first-order valence-corrected chi connectivity index (χ1v) is 4.55. The highest BCUT2D eigenvalue weighted by Crippen LogP contribution is 2.23. The Hall–Kier alpha value is -1.97. The molecule has 2 rings (SSSR count). The molecule has 4 heteroatoms. The van der Waals surface area contributed by atoms with Crippen LogP contribution in [0.1, 0.15) is 5.69 Å². The van der Waals surface area contributed by atoms with E-state index in [9.17, 15) is 4.79 Å². The van der Waals surface area contributed by atoms with Gasteiger partial charge < -0.3 is 9.15 Å². The second-order valence-corrected chi connectivity index (χ2v) is 3.20. The molecule has 1 N–H and O–H groups in total. The van der Waals surface area contributed by atoms with E-state index < -0.39 is 5.76 Å². The first kappa shape index (κ1) is 9.58. The van der Waals surface area contributed by atoms with E-state index in [1.54, 1.807) is 14.0 Å². The quantitative estimate of drug-likeness (QED) is 0.815. The van der Waals surface area contributed by atoms with Crippen LogP contribution in [-0.2, 0) is 0 Å². The fraction of sp³-hybridized carbons (Fsp3) is 0.182. The third-order valence-electron chi connectivity index (χ3n) is 2.18. The third-order valence-corrected chi connectivity index (χ3v) is 2.18. The molecule has 0 unspecified atom stereocenters. The Kier molecular flexibility index (Phi) is 2.33. The summed E-state index contributed by atoms with van der Waals surface area (Å²) in [6.07, 6.45) is 0. The number of oxazole rings is 1. The zero-order valence-electron chi connectivity index (χ0n) is 8.53. The van der Waals surface area contributed by atoms with Gasteiger partial charge in [0.1, 0.15) is 5.75 Å². The van der Waals surface area contributed by atoms with Gasteiger partial charge in [0.15, 0.2) is 5.76 Å². The first-order chi connectivity index (χ1) is 7.20. The highest BCUT2D eigenvalue weighted by Gasteiger charge is 2.07. The van der Waals surface area contributed by atoms with Gasteiger partial charge in [-0.3, -0.25) is 4.98 Å². The van der Waals surface area contributed by atoms with Crippen molar-refractivity contribution in [2.24, 2.45) is 0 Å². The number of hydrogen-bond acceptors (Lipinski definition) is 3. The van der Waals surface area contributed by atoms with Crippen molar-refractivity contribution in [2.75, 3.05) is 7.11 Å². The summed E-state index contributed by atoms with van der Waals surface area (Å²) in [5, 5.41) is 0. The van der Waals surface area contributed by atoms with Crippen LogP contribution in [-0.4, -0.2) is 12.1 Å². The SMILES string of the molecule is COc1ccc(-c2oc(=O)[nH]c2C)cc1. The molecule has 0 amide bonds. The van der Waals surface area contributed by atoms with E-state index in [2.05, 4.69) is 4.98 Å². The van der Waals surface area contributed by atoms with Gasteiger partial charge in [-0.05, 0) is 31.2 Å². The summed E-state index contributed by atoms with van der Waals surface area (Å²) in [5.41, 5.74) is 1.58. The minimum Gasteiger partial charge on any atom is -0.497 e. The Morgan fingerprint density at radius 1 is 1.27 bits per heavy atom. The summed E-state index contributed by atoms with van der Waals surface area (Å²) in [7, 11) is 1.61. The van der Waals surface area contributed by atoms with Crippen LogP contribution < -0.4 is 10.5 Å². The second kappa shape index (κ2) is 3.65. The van der Waals surface area contributed by atoms with Gasteiger partial charge in [0.05, 0.1) is 12.8 Å². The largest absolute Gasteiger partial charge is 0.497 e. The number of benzene rings is 1. The maximum atomic E-state index is 11.0. The van der Waals surface area contributed by atoms with E-state index in [0.29, 0.717) is 5.76 Å². The second-order valence-electron chi connectivity index (χ2n) is 3.20. The lowest BCUT2D eigenvalue weighted by Gasteiger charge is -2.00. The molecule has 0 radical (unpaired) electrons. The van der Waals surface area contributed by atoms with E-state index >= 15 is 0 Å². The Bertz CT molecular complexity index is 507. The summed E-state index contributed by atoms with van der Waals surface area (Å²) in [4.78, 5) is 13.5. The lowest BCUT2D eigenvalue weighted by Crippen LogP contribution is -1.94. The van der Waals surface area contributed by atoms with Gasteiger partial charge in [-0.15, -0.1) is 0 Å². The summed E-state index contributed by atoms with van der Waals surface area (Å²) < 4.78 is 10.1. The number of hydrogen-bond donors (Lipinski definition) is 1. The van der Waals surface area contributed by atoms with E-state index in [4.69, 9.17) is 9.15 Å². The summed E-state index contributed by atoms with van der Waals surface area (Å²) in [6.45, 7) is 1.80. The molecule has 1 aromatic heterocycles. The zero-order valence-corrected chi connectivity index (χ0v) is 8.53. The normalized spacial score (nSPS) is 10.3. The molecule has 15 heavy (non-hydrogen) atoms. The van der Waals surface area contributed by atoms with Gasteiger partial charge >= 0.3 is 5.76 Å². The molecular formula is C11H11NO3. The smallest absolute Gasteiger partial charge is 0.417 e. The lowest BCUT2D eigenvalue weighted by atomic mass is 10.1. The monoisotopic (exact) mass is 205 g/mol. The zero-order chi connectivity index (χ0) is 10.8. The van der Waals surface area contributed by atoms with E-state index in [0.717, 1.165) is 17.0 Å². The molecule has 0 atom stereocenters. The molecule has 2 aromatic rings. The predicted octanol–water partition coefficient (Wildman–Crippen LogP) is 1.95. The van der Waals surface area contributed by atoms with Crippen LogP contribution in [0.2, 0.25) is 0 Å². The maximum Gasteiger partial charge on any atom is 0.417 e. The van der Waals surface area contributed by atoms with E-state index in [-0.39, 0.29) is 0 Å². The molecule has 1 aromatic carbocycles. The van der Waals surface area contributed by atoms with Crippen molar-refractivity contribution in [1.82, 2.24) is 4.98 Å². The lowest BCUT2D eigenvalue weighted by molar-refractivity contribution is 0.415. The van der Waals surface area contributed by atoms with Crippen molar-refractivity contribution in [3.63, 3.8) is 0 Å². The topological polar surface area (TPSA) is 55.2 Å². The number of aromatic nitrogens is 1. The number of methoxy groups -OCH3 is 1. The van der Waals surface area contributed by atoms with Crippen LogP contribution in [0.4, 0.5) is 0 Å². The Morgan fingerprint density at radius 3 is 2.40 bits per heavy atom. The summed E-state index contributed by atoms with van der Waals surface area (Å²) in [6, 6.07) is 7.33. The summed E-state index contributed by atoms with van der Waals surface area (Å²) in [5.74, 6) is 0.912. The first-order valence-electron chi connectivity index (χ1n) is 4.55. The van der Waals surface area contributed by atoms with Crippen molar-refractivity contribution in [1.29, 1.82) is 0 Å². The van der Waals surface area contributed by atoms with Crippen molar-refractivity contribution in [3.05, 3.63) is 40.5 Å². The molecule has 0 aliphatic rings. The number of aryl methyl sites for hydroxylation is 1. The predicted molar refractivity (Wildman–Crippen MR) is 56.1 cm³/mol. The van der Waals surface area contributed by atoms with Gasteiger partial charge in [0.2, 0.25) is 0 Å². The highest BCUT2D eigenvalue weighted by atomic mass is 16.5. The van der Waals surface area contributed by atoms with Crippen molar-refractivity contribution in [3.8, 4) is 17.1 Å². The number of aromatic amines is 1. The number of H-pyrrole nitrogens is 1. The average molecular weight is 205 g/mol. The standard InChI is InChI=1S/C11H11NO3/c1-7-10(15-11(13)12-7)8-3-5-9(14-2)6-4-8/h3-6H,1-2H3,(H,12,13). The fourth-order valence-corrected chi connectivity index (χ4v) is 1.42. The number of nitrogens with one attached hydrogen (secondary N) is 1. The Labute approximate surface area is 86.5 Å². The maximum absolute atomic E-state index is 11.0. The molecule has 78 valence electrons. The van der Waals surface area contributed by atoms with Crippen LogP contribution >= 0.6 is 0 Å². The minimum absolute atomic E-state index is 0.432. The molecular weight excluding hydrogens is 194 g/mol. The van der Waals surface area contributed by atoms with Gasteiger partial charge in [-0.25, -0.2) is 4.79 Å².